The van der Waals surface area contributed by atoms with E-state index >= 15 is 0 Å². The number of phenolic OH excluding ortho intramolecular Hbond substituents is 1. The molecule has 5 heteroatoms. The van der Waals surface area contributed by atoms with Crippen LogP contribution >= 0.6 is 0 Å². The molecular formula is C17H28O4Si. The maximum atomic E-state index is 11.6. The van der Waals surface area contributed by atoms with Crippen LogP contribution in [0.15, 0.2) is 24.3 Å². The summed E-state index contributed by atoms with van der Waals surface area (Å²) in [5.74, 6) is -0.201. The second-order valence-corrected chi connectivity index (χ2v) is 13.1. The minimum atomic E-state index is -1.40. The Hall–Kier alpha value is -1.33. The molecule has 0 aromatic heterocycles. The largest absolute Gasteiger partial charge is 0.508 e. The van der Waals surface area contributed by atoms with Crippen LogP contribution in [0.5, 0.6) is 5.75 Å². The normalized spacial score (nSPS) is 12.2. The Kier molecular flexibility index (Phi) is 6.62. The molecule has 4 nitrogen and oxygen atoms in total. The molecule has 0 fully saturated rings. The van der Waals surface area contributed by atoms with E-state index in [2.05, 4.69) is 33.9 Å². The van der Waals surface area contributed by atoms with Crippen molar-refractivity contribution in [2.45, 2.75) is 57.8 Å². The molecule has 1 aromatic rings. The highest BCUT2D eigenvalue weighted by Gasteiger charge is 2.34. The summed E-state index contributed by atoms with van der Waals surface area (Å²) < 4.78 is 0. The first-order valence-corrected chi connectivity index (χ1v) is 10.9. The van der Waals surface area contributed by atoms with Crippen molar-refractivity contribution >= 4 is 14.0 Å². The molecule has 22 heavy (non-hydrogen) atoms. The van der Waals surface area contributed by atoms with Crippen LogP contribution in [0, 0.1) is 0 Å². The Morgan fingerprint density at radius 3 is 2.45 bits per heavy atom. The van der Waals surface area contributed by atoms with Gasteiger partial charge >= 0.3 is 5.97 Å². The van der Waals surface area contributed by atoms with Crippen molar-refractivity contribution in [1.29, 1.82) is 0 Å². The zero-order valence-electron chi connectivity index (χ0n) is 14.3. The summed E-state index contributed by atoms with van der Waals surface area (Å²) in [5.41, 5.74) is 0.737. The molecule has 0 heterocycles. The third-order valence-corrected chi connectivity index (χ3v) is 10.1. The minimum Gasteiger partial charge on any atom is -0.508 e. The highest BCUT2D eigenvalue weighted by atomic mass is 28.3. The molecule has 0 bridgehead atoms. The van der Waals surface area contributed by atoms with Crippen molar-refractivity contribution in [3.05, 3.63) is 29.8 Å². The van der Waals surface area contributed by atoms with E-state index in [1.807, 2.05) is 6.07 Å². The molecule has 0 saturated heterocycles. The summed E-state index contributed by atoms with van der Waals surface area (Å²) in [7, 11) is -1.40. The van der Waals surface area contributed by atoms with Crippen molar-refractivity contribution in [3.63, 3.8) is 0 Å². The predicted octanol–water partition coefficient (Wildman–Crippen LogP) is 4.31. The fraction of sp³-hybridized carbons (Fsp3) is 0.588. The van der Waals surface area contributed by atoms with E-state index in [0.717, 1.165) is 11.6 Å². The second-order valence-electron chi connectivity index (χ2n) is 7.29. The van der Waals surface area contributed by atoms with Crippen LogP contribution in [0.1, 0.15) is 32.8 Å². The van der Waals surface area contributed by atoms with Gasteiger partial charge in [-0.2, -0.15) is 4.89 Å². The highest BCUT2D eigenvalue weighted by Crippen LogP contribution is 2.38. The van der Waals surface area contributed by atoms with E-state index in [0.29, 0.717) is 18.1 Å². The minimum absolute atomic E-state index is 0.192. The van der Waals surface area contributed by atoms with Gasteiger partial charge in [0.15, 0.2) is 0 Å². The third kappa shape index (κ3) is 5.81. The van der Waals surface area contributed by atoms with Crippen molar-refractivity contribution in [3.8, 4) is 5.75 Å². The van der Waals surface area contributed by atoms with Crippen molar-refractivity contribution in [2.75, 3.05) is 6.61 Å². The maximum Gasteiger partial charge on any atom is 0.342 e. The Morgan fingerprint density at radius 1 is 1.23 bits per heavy atom. The lowest BCUT2D eigenvalue weighted by Crippen LogP contribution is -2.38. The number of phenols is 1. The topological polar surface area (TPSA) is 55.8 Å². The monoisotopic (exact) mass is 324 g/mol. The van der Waals surface area contributed by atoms with Crippen molar-refractivity contribution < 1.29 is 19.7 Å². The first-order valence-electron chi connectivity index (χ1n) is 7.73. The van der Waals surface area contributed by atoms with E-state index in [-0.39, 0.29) is 12.2 Å². The van der Waals surface area contributed by atoms with Gasteiger partial charge in [-0.25, -0.2) is 4.79 Å². The van der Waals surface area contributed by atoms with E-state index in [1.165, 1.54) is 0 Å². The van der Waals surface area contributed by atoms with Gasteiger partial charge in [-0.15, -0.1) is 0 Å². The fourth-order valence-corrected chi connectivity index (χ4v) is 3.12. The van der Waals surface area contributed by atoms with E-state index in [1.54, 1.807) is 18.2 Å². The van der Waals surface area contributed by atoms with Crippen LogP contribution in [0.4, 0.5) is 0 Å². The lowest BCUT2D eigenvalue weighted by Gasteiger charge is -2.36. The molecule has 0 aliphatic rings. The van der Waals surface area contributed by atoms with Gasteiger partial charge in [-0.05, 0) is 29.1 Å². The van der Waals surface area contributed by atoms with E-state index in [9.17, 15) is 9.90 Å². The first kappa shape index (κ1) is 18.7. The number of rotatable bonds is 7. The van der Waals surface area contributed by atoms with Gasteiger partial charge in [0.05, 0.1) is 21.1 Å². The number of hydrogen-bond donors (Lipinski definition) is 1. The molecule has 1 aromatic carbocycles. The summed E-state index contributed by atoms with van der Waals surface area (Å²) in [6, 6.07) is 7.93. The summed E-state index contributed by atoms with van der Waals surface area (Å²) in [4.78, 5) is 21.5. The van der Waals surface area contributed by atoms with Gasteiger partial charge in [0.1, 0.15) is 5.75 Å². The average Bonchev–Trinajstić information content (AvgIpc) is 2.41. The molecule has 1 N–H and O–H groups in total. The van der Waals surface area contributed by atoms with Crippen LogP contribution in [-0.4, -0.2) is 25.8 Å². The summed E-state index contributed by atoms with van der Waals surface area (Å²) in [5, 5.41) is 9.92. The van der Waals surface area contributed by atoms with Crippen LogP contribution in [0.2, 0.25) is 24.2 Å². The standard InChI is InChI=1S/C17H28O4Si/c1-17(2,3)22(4,5)13-12-20-21-16(19)11-10-14-8-6-7-9-15(14)18/h6-9,18H,10-13H2,1-5H3. The quantitative estimate of drug-likeness (QED) is 0.351. The molecule has 0 unspecified atom stereocenters. The Labute approximate surface area is 134 Å². The summed E-state index contributed by atoms with van der Waals surface area (Å²) >= 11 is 0. The Morgan fingerprint density at radius 2 is 1.86 bits per heavy atom. The van der Waals surface area contributed by atoms with Crippen LogP contribution in [0.25, 0.3) is 0 Å². The van der Waals surface area contributed by atoms with Gasteiger partial charge in [-0.1, -0.05) is 52.1 Å². The summed E-state index contributed by atoms with van der Waals surface area (Å²) in [6.45, 7) is 11.8. The Balaban J connectivity index is 2.26. The molecule has 1 rings (SSSR count). The first-order chi connectivity index (χ1) is 10.1. The van der Waals surface area contributed by atoms with Gasteiger partial charge in [0, 0.05) is 0 Å². The van der Waals surface area contributed by atoms with Crippen LogP contribution in [-0.2, 0) is 21.0 Å². The number of aryl methyl sites for hydroxylation is 1. The predicted molar refractivity (Wildman–Crippen MR) is 90.5 cm³/mol. The molecule has 124 valence electrons. The molecule has 0 spiro atoms. The average molecular weight is 324 g/mol. The van der Waals surface area contributed by atoms with Crippen LogP contribution < -0.4 is 0 Å². The van der Waals surface area contributed by atoms with E-state index in [4.69, 9.17) is 9.78 Å². The van der Waals surface area contributed by atoms with Crippen LogP contribution in [0.3, 0.4) is 0 Å². The van der Waals surface area contributed by atoms with E-state index < -0.39 is 14.0 Å². The molecule has 0 saturated carbocycles. The van der Waals surface area contributed by atoms with Crippen molar-refractivity contribution in [2.24, 2.45) is 0 Å². The molecule has 0 atom stereocenters. The molecule has 0 radical (unpaired) electrons. The zero-order chi connectivity index (χ0) is 16.8. The number of para-hydroxylation sites is 1. The molecule has 0 aliphatic heterocycles. The molecule has 0 aliphatic carbocycles. The van der Waals surface area contributed by atoms with Gasteiger partial charge in [-0.3, -0.25) is 4.89 Å². The van der Waals surface area contributed by atoms with Gasteiger partial charge in [0.25, 0.3) is 0 Å². The highest BCUT2D eigenvalue weighted by molar-refractivity contribution is 6.80. The lowest BCUT2D eigenvalue weighted by molar-refractivity contribution is -0.269. The SMILES string of the molecule is CC(C)(C)[Si](C)(C)CCOOC(=O)CCc1ccccc1O. The lowest BCUT2D eigenvalue weighted by atomic mass is 10.1. The summed E-state index contributed by atoms with van der Waals surface area (Å²) in [6.07, 6.45) is 0.634. The fourth-order valence-electron chi connectivity index (χ4n) is 1.78. The smallest absolute Gasteiger partial charge is 0.342 e. The molecular weight excluding hydrogens is 296 g/mol. The Bertz CT molecular complexity index is 492. The zero-order valence-corrected chi connectivity index (χ0v) is 15.3. The number of carbonyl (C=O) groups is 1. The van der Waals surface area contributed by atoms with Crippen molar-refractivity contribution in [1.82, 2.24) is 0 Å². The number of carbonyl (C=O) groups excluding carboxylic acids is 1. The number of benzene rings is 1. The van der Waals surface area contributed by atoms with Gasteiger partial charge < -0.3 is 5.11 Å². The number of aromatic hydroxyl groups is 1. The maximum absolute atomic E-state index is 11.6. The second kappa shape index (κ2) is 7.79. The third-order valence-electron chi connectivity index (χ3n) is 4.58. The number of hydrogen-bond acceptors (Lipinski definition) is 4. The van der Waals surface area contributed by atoms with Gasteiger partial charge in [0.2, 0.25) is 0 Å². The molecule has 0 amide bonds.